The third-order valence-corrected chi connectivity index (χ3v) is 6.06. The van der Waals surface area contributed by atoms with E-state index in [0.717, 1.165) is 5.56 Å². The second-order valence-corrected chi connectivity index (χ2v) is 8.84. The standard InChI is InChI=1S/C24H21N3O5S/c1-16-11-13-19(14-12-16)33(29,30)27-26-24-20(23(28)25-18-8-4-3-5-9-18)15-17-7-6-10-21(31-2)22(17)32-24/h3-15,27H,1-2H3,(H,25,28)/b26-24-. The topological polar surface area (TPSA) is 110 Å². The summed E-state index contributed by atoms with van der Waals surface area (Å²) in [5, 5.41) is 7.29. The number of nitrogens with one attached hydrogen (secondary N) is 2. The maximum Gasteiger partial charge on any atom is 0.276 e. The van der Waals surface area contributed by atoms with Crippen LogP contribution in [0.2, 0.25) is 0 Å². The molecule has 0 saturated carbocycles. The number of methoxy groups -OCH3 is 1. The van der Waals surface area contributed by atoms with Crippen LogP contribution in [0.3, 0.4) is 0 Å². The first-order valence-corrected chi connectivity index (χ1v) is 11.5. The monoisotopic (exact) mass is 463 g/mol. The summed E-state index contributed by atoms with van der Waals surface area (Å²) in [6, 6.07) is 21.9. The molecule has 0 aliphatic carbocycles. The number of hydrogen-bond donors (Lipinski definition) is 2. The SMILES string of the molecule is COc1cccc2cc(C(=O)Nc3ccccc3)/c(=N/NS(=O)(=O)c3ccc(C)cc3)oc12. The van der Waals surface area contributed by atoms with E-state index in [1.165, 1.54) is 19.2 Å². The van der Waals surface area contributed by atoms with Crippen molar-refractivity contribution in [2.45, 2.75) is 11.8 Å². The fourth-order valence-electron chi connectivity index (χ4n) is 3.12. The van der Waals surface area contributed by atoms with Crippen LogP contribution in [0.25, 0.3) is 11.0 Å². The largest absolute Gasteiger partial charge is 0.493 e. The summed E-state index contributed by atoms with van der Waals surface area (Å²) < 4.78 is 36.6. The normalized spacial score (nSPS) is 11.9. The number of amides is 1. The number of carbonyl (C=O) groups is 1. The molecule has 4 rings (SSSR count). The van der Waals surface area contributed by atoms with E-state index in [-0.39, 0.29) is 16.0 Å². The fraction of sp³-hybridized carbons (Fsp3) is 0.0833. The van der Waals surface area contributed by atoms with Crippen LogP contribution in [0.4, 0.5) is 5.69 Å². The summed E-state index contributed by atoms with van der Waals surface area (Å²) in [5.74, 6) is -0.0942. The van der Waals surface area contributed by atoms with Crippen molar-refractivity contribution in [1.82, 2.24) is 4.83 Å². The number of benzene rings is 3. The van der Waals surface area contributed by atoms with Crippen molar-refractivity contribution in [3.05, 3.63) is 95.5 Å². The molecule has 1 heterocycles. The third kappa shape index (κ3) is 4.88. The molecule has 0 aliphatic heterocycles. The molecular formula is C24H21N3O5S. The Morgan fingerprint density at radius 2 is 1.70 bits per heavy atom. The van der Waals surface area contributed by atoms with E-state index in [1.54, 1.807) is 60.7 Å². The van der Waals surface area contributed by atoms with Crippen LogP contribution in [0.15, 0.2) is 93.3 Å². The molecule has 2 N–H and O–H groups in total. The number of aryl methyl sites for hydroxylation is 1. The highest BCUT2D eigenvalue weighted by Crippen LogP contribution is 2.24. The molecule has 1 amide bonds. The molecule has 1 aromatic heterocycles. The van der Waals surface area contributed by atoms with E-state index in [0.29, 0.717) is 22.4 Å². The number of para-hydroxylation sites is 2. The molecule has 8 nitrogen and oxygen atoms in total. The quantitative estimate of drug-likeness (QED) is 0.423. The number of hydrogen-bond acceptors (Lipinski definition) is 6. The lowest BCUT2D eigenvalue weighted by molar-refractivity contribution is 0.102. The lowest BCUT2D eigenvalue weighted by Gasteiger charge is -2.09. The van der Waals surface area contributed by atoms with Gasteiger partial charge in [-0.3, -0.25) is 4.79 Å². The second-order valence-electron chi connectivity index (χ2n) is 7.18. The van der Waals surface area contributed by atoms with Gasteiger partial charge in [0.15, 0.2) is 11.3 Å². The predicted octanol–water partition coefficient (Wildman–Crippen LogP) is 3.80. The van der Waals surface area contributed by atoms with Gasteiger partial charge in [-0.1, -0.05) is 48.0 Å². The predicted molar refractivity (Wildman–Crippen MR) is 124 cm³/mol. The van der Waals surface area contributed by atoms with Crippen LogP contribution in [-0.4, -0.2) is 21.4 Å². The Morgan fingerprint density at radius 1 is 0.970 bits per heavy atom. The highest BCUT2D eigenvalue weighted by molar-refractivity contribution is 7.89. The van der Waals surface area contributed by atoms with Crippen LogP contribution >= 0.6 is 0 Å². The zero-order chi connectivity index (χ0) is 23.4. The first-order chi connectivity index (χ1) is 15.9. The number of ether oxygens (including phenoxy) is 1. The van der Waals surface area contributed by atoms with Gasteiger partial charge in [0, 0.05) is 11.1 Å². The molecule has 168 valence electrons. The van der Waals surface area contributed by atoms with E-state index < -0.39 is 15.9 Å². The van der Waals surface area contributed by atoms with Gasteiger partial charge in [0.1, 0.15) is 5.56 Å². The van der Waals surface area contributed by atoms with Gasteiger partial charge in [0.05, 0.1) is 12.0 Å². The van der Waals surface area contributed by atoms with Crippen molar-refractivity contribution in [2.75, 3.05) is 12.4 Å². The van der Waals surface area contributed by atoms with E-state index in [2.05, 4.69) is 15.2 Å². The van der Waals surface area contributed by atoms with Gasteiger partial charge < -0.3 is 14.5 Å². The summed E-state index contributed by atoms with van der Waals surface area (Å²) in [4.78, 5) is 15.2. The number of sulfonamides is 1. The van der Waals surface area contributed by atoms with Crippen molar-refractivity contribution >= 4 is 32.6 Å². The average molecular weight is 464 g/mol. The third-order valence-electron chi connectivity index (χ3n) is 4.83. The van der Waals surface area contributed by atoms with E-state index >= 15 is 0 Å². The van der Waals surface area contributed by atoms with Crippen LogP contribution in [-0.2, 0) is 10.0 Å². The summed E-state index contributed by atoms with van der Waals surface area (Å²) in [6.45, 7) is 1.85. The molecule has 4 aromatic rings. The molecule has 0 radical (unpaired) electrons. The van der Waals surface area contributed by atoms with Gasteiger partial charge in [-0.25, -0.2) is 0 Å². The van der Waals surface area contributed by atoms with Crippen molar-refractivity contribution < 1.29 is 22.4 Å². The van der Waals surface area contributed by atoms with Gasteiger partial charge in [0.25, 0.3) is 15.9 Å². The Hall–Kier alpha value is -4.11. The van der Waals surface area contributed by atoms with Crippen LogP contribution in [0.1, 0.15) is 15.9 Å². The van der Waals surface area contributed by atoms with Crippen LogP contribution in [0, 0.1) is 6.92 Å². The molecule has 9 heteroatoms. The first-order valence-electron chi connectivity index (χ1n) is 9.97. The molecule has 0 saturated heterocycles. The van der Waals surface area contributed by atoms with Crippen molar-refractivity contribution in [2.24, 2.45) is 5.10 Å². The zero-order valence-electron chi connectivity index (χ0n) is 17.9. The summed E-state index contributed by atoms with van der Waals surface area (Å²) in [6.07, 6.45) is 0. The number of fused-ring (bicyclic) bond motifs is 1. The van der Waals surface area contributed by atoms with Crippen molar-refractivity contribution in [3.8, 4) is 5.75 Å². The Labute approximate surface area is 190 Å². The molecule has 0 aliphatic rings. The highest BCUT2D eigenvalue weighted by atomic mass is 32.2. The zero-order valence-corrected chi connectivity index (χ0v) is 18.7. The molecule has 0 spiro atoms. The molecule has 33 heavy (non-hydrogen) atoms. The average Bonchev–Trinajstić information content (AvgIpc) is 2.82. The second kappa shape index (κ2) is 9.17. The molecule has 0 fully saturated rings. The van der Waals surface area contributed by atoms with Gasteiger partial charge >= 0.3 is 0 Å². The van der Waals surface area contributed by atoms with Gasteiger partial charge in [0.2, 0.25) is 5.55 Å². The molecule has 0 unspecified atom stereocenters. The van der Waals surface area contributed by atoms with Crippen molar-refractivity contribution in [3.63, 3.8) is 0 Å². The molecular weight excluding hydrogens is 442 g/mol. The summed E-state index contributed by atoms with van der Waals surface area (Å²) >= 11 is 0. The molecule has 0 bridgehead atoms. The molecule has 3 aromatic carbocycles. The van der Waals surface area contributed by atoms with E-state index in [1.807, 2.05) is 13.0 Å². The van der Waals surface area contributed by atoms with E-state index in [9.17, 15) is 13.2 Å². The number of carbonyl (C=O) groups excluding carboxylic acids is 1. The molecule has 0 atom stereocenters. The Kier molecular flexibility index (Phi) is 6.14. The van der Waals surface area contributed by atoms with Crippen LogP contribution in [0.5, 0.6) is 5.75 Å². The number of anilines is 1. The minimum absolute atomic E-state index is 0.0329. The van der Waals surface area contributed by atoms with Gasteiger partial charge in [-0.2, -0.15) is 13.2 Å². The fourth-order valence-corrected chi connectivity index (χ4v) is 3.93. The summed E-state index contributed by atoms with van der Waals surface area (Å²) in [5.41, 5.74) is 1.65. The maximum absolute atomic E-state index is 13.0. The highest BCUT2D eigenvalue weighted by Gasteiger charge is 2.17. The Morgan fingerprint density at radius 3 is 2.39 bits per heavy atom. The Balaban J connectivity index is 1.81. The number of nitrogens with zero attached hydrogens (tertiary/aromatic N) is 1. The lowest BCUT2D eigenvalue weighted by Crippen LogP contribution is -2.27. The minimum atomic E-state index is -3.99. The first kappa shape index (κ1) is 22.1. The van der Waals surface area contributed by atoms with Crippen LogP contribution < -0.4 is 20.4 Å². The van der Waals surface area contributed by atoms with Gasteiger partial charge in [-0.05, 0) is 43.3 Å². The van der Waals surface area contributed by atoms with E-state index in [4.69, 9.17) is 9.15 Å². The lowest BCUT2D eigenvalue weighted by atomic mass is 10.1. The smallest absolute Gasteiger partial charge is 0.276 e. The minimum Gasteiger partial charge on any atom is -0.493 e. The Bertz CT molecular complexity index is 1480. The number of rotatable bonds is 6. The summed E-state index contributed by atoms with van der Waals surface area (Å²) in [7, 11) is -2.50. The van der Waals surface area contributed by atoms with Crippen molar-refractivity contribution in [1.29, 1.82) is 0 Å². The van der Waals surface area contributed by atoms with Gasteiger partial charge in [-0.15, -0.1) is 5.10 Å². The maximum atomic E-state index is 13.0.